The van der Waals surface area contributed by atoms with E-state index in [2.05, 4.69) is 11.8 Å². The molecule has 1 rings (SSSR count). The van der Waals surface area contributed by atoms with Crippen molar-refractivity contribution in [3.8, 4) is 0 Å². The molecule has 3 N–H and O–H groups in total. The second kappa shape index (κ2) is 9.22. The minimum atomic E-state index is -4.34. The van der Waals surface area contributed by atoms with E-state index >= 15 is 0 Å². The molecule has 23 heavy (non-hydrogen) atoms. The summed E-state index contributed by atoms with van der Waals surface area (Å²) in [4.78, 5) is 22.3. The van der Waals surface area contributed by atoms with Crippen LogP contribution in [0.3, 0.4) is 0 Å². The zero-order valence-electron chi connectivity index (χ0n) is 14.9. The van der Waals surface area contributed by atoms with Gasteiger partial charge in [-0.25, -0.2) is 0 Å². The number of aliphatic hydroxyl groups excluding tert-OH is 1. The van der Waals surface area contributed by atoms with Gasteiger partial charge >= 0.3 is 7.60 Å². The number of hydrogen-bond donors (Lipinski definition) is 3. The van der Waals surface area contributed by atoms with Gasteiger partial charge in [-0.15, -0.1) is 0 Å². The predicted molar refractivity (Wildman–Crippen MR) is 94.8 cm³/mol. The smallest absolute Gasteiger partial charge is 0.335 e. The second-order valence-electron chi connectivity index (χ2n) is 6.61. The molecule has 1 heterocycles. The van der Waals surface area contributed by atoms with Crippen molar-refractivity contribution in [1.82, 2.24) is 4.90 Å². The standard InChI is InChI=1S/C17H34NO4P/c1-4-7-10-15(17(5-2,6-3)23(20,21)22)16(19)11-14-18-12-8-9-13-18/h19H,4-14H2,1-3H3,(H2,20,21,22). The first-order chi connectivity index (χ1) is 10.8. The first-order valence-corrected chi connectivity index (χ1v) is 10.6. The van der Waals surface area contributed by atoms with Crippen LogP contribution in [0, 0.1) is 0 Å². The molecule has 0 bridgehead atoms. The molecule has 0 saturated carbocycles. The number of allylic oxidation sites excluding steroid dienone is 1. The molecule has 0 aromatic carbocycles. The summed E-state index contributed by atoms with van der Waals surface area (Å²) in [6.07, 6.45) is 5.92. The van der Waals surface area contributed by atoms with Crippen molar-refractivity contribution in [2.45, 2.75) is 77.3 Å². The van der Waals surface area contributed by atoms with Crippen LogP contribution in [0.2, 0.25) is 0 Å². The Kier molecular flexibility index (Phi) is 8.29. The molecule has 1 aliphatic rings. The molecule has 0 radical (unpaired) electrons. The predicted octanol–water partition coefficient (Wildman–Crippen LogP) is 4.21. The molecule has 1 saturated heterocycles. The highest BCUT2D eigenvalue weighted by Gasteiger charge is 2.47. The Hall–Kier alpha value is -0.350. The summed E-state index contributed by atoms with van der Waals surface area (Å²) >= 11 is 0. The molecule has 0 aromatic heterocycles. The lowest BCUT2D eigenvalue weighted by Crippen LogP contribution is -2.32. The van der Waals surface area contributed by atoms with Crippen LogP contribution in [-0.4, -0.2) is 44.6 Å². The molecular formula is C17H34NO4P. The average molecular weight is 347 g/mol. The van der Waals surface area contributed by atoms with E-state index in [-0.39, 0.29) is 5.76 Å². The molecule has 0 amide bonds. The molecule has 6 heteroatoms. The Balaban J connectivity index is 3.07. The number of hydrogen-bond acceptors (Lipinski definition) is 3. The van der Waals surface area contributed by atoms with E-state index in [4.69, 9.17) is 0 Å². The van der Waals surface area contributed by atoms with Gasteiger partial charge in [0, 0.05) is 13.0 Å². The largest absolute Gasteiger partial charge is 0.512 e. The average Bonchev–Trinajstić information content (AvgIpc) is 3.01. The van der Waals surface area contributed by atoms with E-state index in [1.807, 2.05) is 13.8 Å². The second-order valence-corrected chi connectivity index (χ2v) is 8.55. The van der Waals surface area contributed by atoms with Gasteiger partial charge in [0.2, 0.25) is 0 Å². The molecule has 0 atom stereocenters. The summed E-state index contributed by atoms with van der Waals surface area (Å²) in [5, 5.41) is 9.46. The van der Waals surface area contributed by atoms with Crippen LogP contribution in [0.5, 0.6) is 0 Å². The Bertz CT molecular complexity index is 434. The van der Waals surface area contributed by atoms with Crippen molar-refractivity contribution in [1.29, 1.82) is 0 Å². The lowest BCUT2D eigenvalue weighted by Gasteiger charge is -2.36. The van der Waals surface area contributed by atoms with E-state index in [0.29, 0.717) is 31.3 Å². The SMILES string of the molecule is CCCCC(=C(O)CCN1CCCC1)C(CC)(CC)P(=O)(O)O. The molecule has 136 valence electrons. The summed E-state index contributed by atoms with van der Waals surface area (Å²) in [6.45, 7) is 8.55. The highest BCUT2D eigenvalue weighted by atomic mass is 31.2. The molecule has 0 aromatic rings. The number of rotatable bonds is 10. The fraction of sp³-hybridized carbons (Fsp3) is 0.882. The first kappa shape index (κ1) is 20.7. The van der Waals surface area contributed by atoms with Crippen molar-refractivity contribution in [3.63, 3.8) is 0 Å². The summed E-state index contributed by atoms with van der Waals surface area (Å²) in [5.74, 6) is 0.206. The molecule has 0 unspecified atom stereocenters. The van der Waals surface area contributed by atoms with Crippen molar-refractivity contribution in [3.05, 3.63) is 11.3 Å². The molecule has 5 nitrogen and oxygen atoms in total. The molecule has 1 fully saturated rings. The third-order valence-corrected chi connectivity index (χ3v) is 7.30. The van der Waals surface area contributed by atoms with Crippen LogP contribution >= 0.6 is 7.60 Å². The number of likely N-dealkylation sites (tertiary alicyclic amines) is 1. The highest BCUT2D eigenvalue weighted by Crippen LogP contribution is 2.59. The molecule has 0 spiro atoms. The Morgan fingerprint density at radius 2 is 1.65 bits per heavy atom. The fourth-order valence-electron chi connectivity index (χ4n) is 3.68. The van der Waals surface area contributed by atoms with E-state index in [9.17, 15) is 19.5 Å². The van der Waals surface area contributed by atoms with Gasteiger partial charge in [0.15, 0.2) is 0 Å². The van der Waals surface area contributed by atoms with Gasteiger partial charge in [0.1, 0.15) is 0 Å². The van der Waals surface area contributed by atoms with Gasteiger partial charge in [-0.1, -0.05) is 27.2 Å². The van der Waals surface area contributed by atoms with Crippen molar-refractivity contribution in [2.75, 3.05) is 19.6 Å². The van der Waals surface area contributed by atoms with Crippen LogP contribution < -0.4 is 0 Å². The van der Waals surface area contributed by atoms with Gasteiger partial charge in [-0.2, -0.15) is 0 Å². The Morgan fingerprint density at radius 3 is 2.09 bits per heavy atom. The highest BCUT2D eigenvalue weighted by molar-refractivity contribution is 7.53. The maximum Gasteiger partial charge on any atom is 0.335 e. The lowest BCUT2D eigenvalue weighted by atomic mass is 9.87. The Morgan fingerprint density at radius 1 is 1.09 bits per heavy atom. The van der Waals surface area contributed by atoms with Crippen LogP contribution in [0.4, 0.5) is 0 Å². The van der Waals surface area contributed by atoms with E-state index in [0.717, 1.165) is 32.5 Å². The molecule has 1 aliphatic heterocycles. The van der Waals surface area contributed by atoms with Crippen molar-refractivity contribution >= 4 is 7.60 Å². The van der Waals surface area contributed by atoms with Gasteiger partial charge in [-0.05, 0) is 57.2 Å². The quantitative estimate of drug-likeness (QED) is 0.407. The maximum absolute atomic E-state index is 12.2. The zero-order valence-corrected chi connectivity index (χ0v) is 15.8. The summed E-state index contributed by atoms with van der Waals surface area (Å²) in [7, 11) is -4.34. The summed E-state index contributed by atoms with van der Waals surface area (Å²) in [5.41, 5.74) is 0.594. The number of aliphatic hydroxyl groups is 1. The van der Waals surface area contributed by atoms with Crippen LogP contribution in [0.25, 0.3) is 0 Å². The summed E-state index contributed by atoms with van der Waals surface area (Å²) in [6, 6.07) is 0. The number of nitrogens with zero attached hydrogens (tertiary/aromatic N) is 1. The fourth-order valence-corrected chi connectivity index (χ4v) is 5.10. The third-order valence-electron chi connectivity index (χ3n) is 5.28. The molecular weight excluding hydrogens is 313 g/mol. The van der Waals surface area contributed by atoms with Crippen molar-refractivity contribution < 1.29 is 19.5 Å². The van der Waals surface area contributed by atoms with E-state index < -0.39 is 12.8 Å². The van der Waals surface area contributed by atoms with Gasteiger partial charge < -0.3 is 19.8 Å². The van der Waals surface area contributed by atoms with E-state index in [1.165, 1.54) is 12.8 Å². The monoisotopic (exact) mass is 347 g/mol. The van der Waals surface area contributed by atoms with Crippen LogP contribution in [0.1, 0.15) is 72.1 Å². The third kappa shape index (κ3) is 5.06. The Labute approximate surface area is 140 Å². The van der Waals surface area contributed by atoms with E-state index in [1.54, 1.807) is 0 Å². The van der Waals surface area contributed by atoms with Crippen LogP contribution in [-0.2, 0) is 4.57 Å². The van der Waals surface area contributed by atoms with Gasteiger partial charge in [0.05, 0.1) is 10.9 Å². The maximum atomic E-state index is 12.2. The van der Waals surface area contributed by atoms with Crippen LogP contribution in [0.15, 0.2) is 11.3 Å². The first-order valence-electron chi connectivity index (χ1n) is 9.01. The summed E-state index contributed by atoms with van der Waals surface area (Å²) < 4.78 is 12.2. The zero-order chi connectivity index (χ0) is 17.5. The van der Waals surface area contributed by atoms with Crippen molar-refractivity contribution in [2.24, 2.45) is 0 Å². The van der Waals surface area contributed by atoms with Gasteiger partial charge in [0.25, 0.3) is 0 Å². The molecule has 0 aliphatic carbocycles. The minimum Gasteiger partial charge on any atom is -0.512 e. The number of unbranched alkanes of at least 4 members (excludes halogenated alkanes) is 1. The minimum absolute atomic E-state index is 0.206. The van der Waals surface area contributed by atoms with Gasteiger partial charge in [-0.3, -0.25) is 4.57 Å². The lowest BCUT2D eigenvalue weighted by molar-refractivity contribution is 0.288. The normalized spacial score (nSPS) is 18.3. The topological polar surface area (TPSA) is 81.0 Å².